The first-order chi connectivity index (χ1) is 8.77. The SMILES string of the molecule is N#Cc1c(Br)cccc1N1CCCC1CCCO. The molecule has 1 saturated heterocycles. The second kappa shape index (κ2) is 6.21. The van der Waals surface area contributed by atoms with E-state index in [4.69, 9.17) is 5.11 Å². The number of halogens is 1. The van der Waals surface area contributed by atoms with Gasteiger partial charge >= 0.3 is 0 Å². The molecule has 4 heteroatoms. The highest BCUT2D eigenvalue weighted by molar-refractivity contribution is 9.10. The van der Waals surface area contributed by atoms with Crippen molar-refractivity contribution in [1.82, 2.24) is 0 Å². The van der Waals surface area contributed by atoms with Crippen molar-refractivity contribution in [3.05, 3.63) is 28.2 Å². The van der Waals surface area contributed by atoms with Gasteiger partial charge in [-0.05, 0) is 53.7 Å². The summed E-state index contributed by atoms with van der Waals surface area (Å²) in [5.41, 5.74) is 1.74. The van der Waals surface area contributed by atoms with Gasteiger partial charge in [-0.1, -0.05) is 6.07 Å². The van der Waals surface area contributed by atoms with Crippen molar-refractivity contribution in [1.29, 1.82) is 5.26 Å². The van der Waals surface area contributed by atoms with E-state index in [0.717, 1.165) is 42.4 Å². The smallest absolute Gasteiger partial charge is 0.103 e. The maximum Gasteiger partial charge on any atom is 0.103 e. The summed E-state index contributed by atoms with van der Waals surface area (Å²) in [5.74, 6) is 0. The maximum atomic E-state index is 9.28. The van der Waals surface area contributed by atoms with E-state index >= 15 is 0 Å². The van der Waals surface area contributed by atoms with E-state index in [0.29, 0.717) is 11.6 Å². The maximum absolute atomic E-state index is 9.28. The fourth-order valence-corrected chi connectivity index (χ4v) is 3.09. The zero-order valence-corrected chi connectivity index (χ0v) is 11.9. The van der Waals surface area contributed by atoms with Gasteiger partial charge in [0.05, 0.1) is 11.3 Å². The zero-order chi connectivity index (χ0) is 13.0. The zero-order valence-electron chi connectivity index (χ0n) is 10.3. The van der Waals surface area contributed by atoms with Crippen molar-refractivity contribution in [2.24, 2.45) is 0 Å². The van der Waals surface area contributed by atoms with Gasteiger partial charge in [-0.2, -0.15) is 5.26 Å². The minimum atomic E-state index is 0.244. The molecule has 0 spiro atoms. The van der Waals surface area contributed by atoms with E-state index in [1.165, 1.54) is 0 Å². The van der Waals surface area contributed by atoms with Gasteiger partial charge in [-0.15, -0.1) is 0 Å². The predicted molar refractivity (Wildman–Crippen MR) is 75.5 cm³/mol. The second-order valence-corrected chi connectivity index (χ2v) is 5.46. The van der Waals surface area contributed by atoms with Crippen molar-refractivity contribution in [3.8, 4) is 6.07 Å². The molecular weight excluding hydrogens is 292 g/mol. The molecule has 1 unspecified atom stereocenters. The van der Waals surface area contributed by atoms with Crippen molar-refractivity contribution in [2.75, 3.05) is 18.1 Å². The lowest BCUT2D eigenvalue weighted by Gasteiger charge is -2.27. The number of aliphatic hydroxyl groups excluding tert-OH is 1. The summed E-state index contributed by atoms with van der Waals surface area (Å²) in [4.78, 5) is 2.32. The lowest BCUT2D eigenvalue weighted by atomic mass is 10.1. The van der Waals surface area contributed by atoms with Crippen molar-refractivity contribution >= 4 is 21.6 Å². The Morgan fingerprint density at radius 3 is 3.06 bits per heavy atom. The average Bonchev–Trinajstić information content (AvgIpc) is 2.84. The number of anilines is 1. The monoisotopic (exact) mass is 308 g/mol. The molecule has 0 aliphatic carbocycles. The highest BCUT2D eigenvalue weighted by atomic mass is 79.9. The molecule has 0 radical (unpaired) electrons. The standard InChI is InChI=1S/C14H17BrN2O/c15-13-6-1-7-14(12(13)10-16)17-8-2-4-11(17)5-3-9-18/h1,6-7,11,18H,2-5,8-9H2. The Morgan fingerprint density at radius 2 is 2.33 bits per heavy atom. The number of nitrogens with zero attached hydrogens (tertiary/aromatic N) is 2. The van der Waals surface area contributed by atoms with E-state index < -0.39 is 0 Å². The highest BCUT2D eigenvalue weighted by Crippen LogP contribution is 2.33. The Kier molecular flexibility index (Phi) is 4.62. The molecule has 1 fully saturated rings. The summed E-state index contributed by atoms with van der Waals surface area (Å²) >= 11 is 3.44. The van der Waals surface area contributed by atoms with Gasteiger partial charge in [0.2, 0.25) is 0 Å². The number of aliphatic hydroxyl groups is 1. The summed E-state index contributed by atoms with van der Waals surface area (Å²) in [7, 11) is 0. The lowest BCUT2D eigenvalue weighted by Crippen LogP contribution is -2.30. The van der Waals surface area contributed by atoms with Crippen LogP contribution in [-0.4, -0.2) is 24.3 Å². The lowest BCUT2D eigenvalue weighted by molar-refractivity contribution is 0.279. The summed E-state index contributed by atoms with van der Waals surface area (Å²) in [5, 5.41) is 18.2. The first-order valence-corrected chi connectivity index (χ1v) is 7.13. The van der Waals surface area contributed by atoms with Crippen LogP contribution in [0.4, 0.5) is 5.69 Å². The van der Waals surface area contributed by atoms with E-state index in [1.807, 2.05) is 18.2 Å². The Hall–Kier alpha value is -1.05. The van der Waals surface area contributed by atoms with Crippen LogP contribution >= 0.6 is 15.9 Å². The van der Waals surface area contributed by atoms with E-state index in [1.54, 1.807) is 0 Å². The Balaban J connectivity index is 2.25. The summed E-state index contributed by atoms with van der Waals surface area (Å²) in [6, 6.07) is 8.63. The minimum Gasteiger partial charge on any atom is -0.396 e. The van der Waals surface area contributed by atoms with Gasteiger partial charge in [0, 0.05) is 23.7 Å². The van der Waals surface area contributed by atoms with Gasteiger partial charge in [0.25, 0.3) is 0 Å². The van der Waals surface area contributed by atoms with Crippen LogP contribution in [-0.2, 0) is 0 Å². The quantitative estimate of drug-likeness (QED) is 0.930. The van der Waals surface area contributed by atoms with Gasteiger partial charge in [-0.25, -0.2) is 0 Å². The van der Waals surface area contributed by atoms with Crippen LogP contribution < -0.4 is 4.90 Å². The number of rotatable bonds is 4. The first-order valence-electron chi connectivity index (χ1n) is 6.34. The third-order valence-corrected chi connectivity index (χ3v) is 4.15. The number of benzene rings is 1. The number of nitriles is 1. The molecule has 0 amide bonds. The largest absolute Gasteiger partial charge is 0.396 e. The molecule has 1 aromatic rings. The van der Waals surface area contributed by atoms with Crippen LogP contribution in [0.5, 0.6) is 0 Å². The Bertz CT molecular complexity index is 456. The third-order valence-electron chi connectivity index (χ3n) is 3.49. The highest BCUT2D eigenvalue weighted by Gasteiger charge is 2.26. The van der Waals surface area contributed by atoms with Gasteiger partial charge < -0.3 is 10.0 Å². The number of hydrogen-bond donors (Lipinski definition) is 1. The van der Waals surface area contributed by atoms with Crippen LogP contribution in [0.3, 0.4) is 0 Å². The molecule has 0 saturated carbocycles. The predicted octanol–water partition coefficient (Wildman–Crippen LogP) is 3.06. The first kappa shape index (κ1) is 13.4. The molecule has 1 aliphatic heterocycles. The second-order valence-electron chi connectivity index (χ2n) is 4.60. The van der Waals surface area contributed by atoms with Crippen LogP contribution in [0.25, 0.3) is 0 Å². The van der Waals surface area contributed by atoms with Crippen LogP contribution in [0.1, 0.15) is 31.2 Å². The Labute approximate surface area is 116 Å². The van der Waals surface area contributed by atoms with Crippen molar-refractivity contribution < 1.29 is 5.11 Å². The molecule has 18 heavy (non-hydrogen) atoms. The summed E-state index contributed by atoms with van der Waals surface area (Å²) in [6.45, 7) is 1.25. The van der Waals surface area contributed by atoms with E-state index in [9.17, 15) is 5.26 Å². The topological polar surface area (TPSA) is 47.3 Å². The fourth-order valence-electron chi connectivity index (χ4n) is 2.64. The van der Waals surface area contributed by atoms with Crippen LogP contribution in [0, 0.1) is 11.3 Å². The van der Waals surface area contributed by atoms with Gasteiger partial charge in [0.15, 0.2) is 0 Å². The molecule has 1 aliphatic rings. The molecule has 3 nitrogen and oxygen atoms in total. The molecule has 0 bridgehead atoms. The van der Waals surface area contributed by atoms with Crippen LogP contribution in [0.2, 0.25) is 0 Å². The minimum absolute atomic E-state index is 0.244. The molecule has 1 atom stereocenters. The molecule has 2 rings (SSSR count). The van der Waals surface area contributed by atoms with E-state index in [2.05, 4.69) is 26.9 Å². The molecule has 1 heterocycles. The number of hydrogen-bond acceptors (Lipinski definition) is 3. The van der Waals surface area contributed by atoms with Crippen molar-refractivity contribution in [2.45, 2.75) is 31.7 Å². The molecule has 1 N–H and O–H groups in total. The van der Waals surface area contributed by atoms with E-state index in [-0.39, 0.29) is 6.61 Å². The summed E-state index contributed by atoms with van der Waals surface area (Å²) in [6.07, 6.45) is 4.13. The van der Waals surface area contributed by atoms with Gasteiger partial charge in [0.1, 0.15) is 6.07 Å². The van der Waals surface area contributed by atoms with Gasteiger partial charge in [-0.3, -0.25) is 0 Å². The fraction of sp³-hybridized carbons (Fsp3) is 0.500. The van der Waals surface area contributed by atoms with Crippen LogP contribution in [0.15, 0.2) is 22.7 Å². The third kappa shape index (κ3) is 2.68. The molecule has 0 aromatic heterocycles. The van der Waals surface area contributed by atoms with Crippen molar-refractivity contribution in [3.63, 3.8) is 0 Å². The molecule has 96 valence electrons. The average molecular weight is 309 g/mol. The molecule has 1 aromatic carbocycles. The molecular formula is C14H17BrN2O. The Morgan fingerprint density at radius 1 is 1.50 bits per heavy atom. The normalized spacial score (nSPS) is 18.9. The summed E-state index contributed by atoms with van der Waals surface area (Å²) < 4.78 is 0.857.